The average Bonchev–Trinajstić information content (AvgIpc) is 3.78. The molecule has 0 amide bonds. The molecule has 0 aliphatic carbocycles. The van der Waals surface area contributed by atoms with Gasteiger partial charge in [-0.05, 0) is 53.6 Å². The van der Waals surface area contributed by atoms with Crippen LogP contribution < -0.4 is 5.32 Å². The van der Waals surface area contributed by atoms with Crippen molar-refractivity contribution in [3.8, 4) is 0 Å². The number of nitrogens with one attached hydrogen (secondary N) is 1. The van der Waals surface area contributed by atoms with Gasteiger partial charge in [-0.1, -0.05) is 18.2 Å². The molecule has 45 heavy (non-hydrogen) atoms. The van der Waals surface area contributed by atoms with Crippen molar-refractivity contribution in [3.05, 3.63) is 67.2 Å². The summed E-state index contributed by atoms with van der Waals surface area (Å²) in [6, 6.07) is 10.4. The first-order valence-corrected chi connectivity index (χ1v) is 15.8. The number of thiophene rings is 3. The summed E-state index contributed by atoms with van der Waals surface area (Å²) in [7, 11) is 0. The summed E-state index contributed by atoms with van der Waals surface area (Å²) in [6.45, 7) is 3.83. The molecule has 1 saturated heterocycles. The highest BCUT2D eigenvalue weighted by molar-refractivity contribution is 7.10. The number of halogens is 9. The molecule has 4 rings (SSSR count). The lowest BCUT2D eigenvalue weighted by molar-refractivity contribution is -0.171. The molecule has 0 bridgehead atoms. The summed E-state index contributed by atoms with van der Waals surface area (Å²) >= 11 is 4.07. The van der Waals surface area contributed by atoms with E-state index in [2.05, 4.69) is 5.32 Å². The summed E-state index contributed by atoms with van der Waals surface area (Å²) in [5.41, 5.74) is 0. The van der Waals surface area contributed by atoms with E-state index in [4.69, 9.17) is 4.74 Å². The Bertz CT molecular complexity index is 1070. The van der Waals surface area contributed by atoms with E-state index in [9.17, 15) is 53.9 Å². The normalized spacial score (nSPS) is 13.3. The molecule has 3 aromatic rings. The molecule has 5 nitrogen and oxygen atoms in total. The molecule has 1 aliphatic rings. The Kier molecular flexibility index (Phi) is 18.4. The van der Waals surface area contributed by atoms with Crippen LogP contribution in [0.4, 0.5) is 39.5 Å². The van der Waals surface area contributed by atoms with Crippen LogP contribution in [0.15, 0.2) is 52.5 Å². The maximum atomic E-state index is 11.7. The fourth-order valence-electron chi connectivity index (χ4n) is 3.02. The van der Waals surface area contributed by atoms with E-state index in [1.54, 1.807) is 52.5 Å². The third-order valence-corrected chi connectivity index (χ3v) is 8.14. The molecule has 0 radical (unpaired) electrons. The summed E-state index contributed by atoms with van der Waals surface area (Å²) < 4.78 is 111. The standard InChI is InChI=1S/3C8H7F3OS.C4H9NO/c3*9-8(10,11)7(12)4-3-6-2-1-5-13-6;1-3-6-4-2-5-1/h3*1-2,5H,3-4H2;5H,1-4H2. The minimum atomic E-state index is -4.68. The van der Waals surface area contributed by atoms with Crippen LogP contribution >= 0.6 is 34.0 Å². The number of rotatable bonds is 9. The molecule has 3 aromatic heterocycles. The molecule has 252 valence electrons. The molecule has 4 heterocycles. The molecule has 0 aromatic carbocycles. The van der Waals surface area contributed by atoms with Crippen LogP contribution in [0.2, 0.25) is 0 Å². The molecular formula is C28H30F9NO4S3. The van der Waals surface area contributed by atoms with Crippen molar-refractivity contribution in [2.75, 3.05) is 26.3 Å². The molecule has 1 fully saturated rings. The van der Waals surface area contributed by atoms with Crippen LogP contribution in [0, 0.1) is 0 Å². The number of Topliss-reactive ketones (excluding diaryl/α,β-unsaturated/α-hetero) is 3. The van der Waals surface area contributed by atoms with Gasteiger partial charge in [-0.25, -0.2) is 0 Å². The van der Waals surface area contributed by atoms with Gasteiger partial charge >= 0.3 is 18.5 Å². The number of morpholine rings is 1. The molecule has 17 heteroatoms. The predicted octanol–water partition coefficient (Wildman–Crippen LogP) is 8.04. The van der Waals surface area contributed by atoms with Crippen LogP contribution in [0.1, 0.15) is 33.9 Å². The van der Waals surface area contributed by atoms with Crippen LogP contribution in [-0.2, 0) is 38.4 Å². The van der Waals surface area contributed by atoms with Gasteiger partial charge in [0.05, 0.1) is 13.2 Å². The van der Waals surface area contributed by atoms with Gasteiger partial charge in [0.25, 0.3) is 0 Å². The number of ether oxygens (including phenoxy) is 1. The number of aryl methyl sites for hydroxylation is 3. The number of carbonyl (C=O) groups excluding carboxylic acids is 3. The molecule has 0 atom stereocenters. The van der Waals surface area contributed by atoms with Gasteiger partial charge in [-0.3, -0.25) is 14.4 Å². The van der Waals surface area contributed by atoms with Gasteiger partial charge in [0.1, 0.15) is 0 Å². The van der Waals surface area contributed by atoms with Crippen molar-refractivity contribution in [1.29, 1.82) is 0 Å². The third kappa shape index (κ3) is 19.5. The van der Waals surface area contributed by atoms with Crippen LogP contribution in [0.25, 0.3) is 0 Å². The third-order valence-electron chi connectivity index (χ3n) is 5.33. The first-order chi connectivity index (χ1) is 21.0. The zero-order valence-electron chi connectivity index (χ0n) is 23.5. The van der Waals surface area contributed by atoms with E-state index in [0.29, 0.717) is 0 Å². The zero-order valence-corrected chi connectivity index (χ0v) is 26.0. The van der Waals surface area contributed by atoms with Gasteiger partial charge < -0.3 is 10.1 Å². The maximum absolute atomic E-state index is 11.7. The predicted molar refractivity (Wildman–Crippen MR) is 155 cm³/mol. The van der Waals surface area contributed by atoms with Gasteiger partial charge in [0.15, 0.2) is 0 Å². The molecule has 0 spiro atoms. The van der Waals surface area contributed by atoms with Crippen molar-refractivity contribution in [1.82, 2.24) is 5.32 Å². The highest BCUT2D eigenvalue weighted by Gasteiger charge is 2.38. The molecule has 0 unspecified atom stereocenters. The lowest BCUT2D eigenvalue weighted by atomic mass is 10.2. The van der Waals surface area contributed by atoms with E-state index in [-0.39, 0.29) is 19.3 Å². The molecular weight excluding hydrogens is 681 g/mol. The SMILES string of the molecule is C1COCCN1.O=C(CCc1cccs1)C(F)(F)F.O=C(CCc1cccs1)C(F)(F)F.O=C(CCc1cccs1)C(F)(F)F. The van der Waals surface area contributed by atoms with Crippen molar-refractivity contribution in [2.24, 2.45) is 0 Å². The molecule has 1 aliphatic heterocycles. The molecule has 0 saturated carbocycles. The maximum Gasteiger partial charge on any atom is 0.449 e. The summed E-state index contributed by atoms with van der Waals surface area (Å²) in [5.74, 6) is -4.96. The van der Waals surface area contributed by atoms with Gasteiger partial charge in [0.2, 0.25) is 17.3 Å². The fourth-order valence-corrected chi connectivity index (χ4v) is 5.14. The van der Waals surface area contributed by atoms with Crippen molar-refractivity contribution < 1.29 is 58.6 Å². The van der Waals surface area contributed by atoms with Crippen molar-refractivity contribution >= 4 is 51.4 Å². The van der Waals surface area contributed by atoms with E-state index < -0.39 is 55.1 Å². The smallest absolute Gasteiger partial charge is 0.379 e. The Morgan fingerprint density at radius 3 is 1.02 bits per heavy atom. The van der Waals surface area contributed by atoms with Gasteiger partial charge in [-0.2, -0.15) is 39.5 Å². The lowest BCUT2D eigenvalue weighted by Gasteiger charge is -2.10. The van der Waals surface area contributed by atoms with E-state index in [1.807, 2.05) is 0 Å². The minimum Gasteiger partial charge on any atom is -0.379 e. The largest absolute Gasteiger partial charge is 0.449 e. The quantitative estimate of drug-likeness (QED) is 0.228. The first kappa shape index (κ1) is 40.4. The average molecular weight is 712 g/mol. The van der Waals surface area contributed by atoms with Crippen LogP contribution in [0.3, 0.4) is 0 Å². The van der Waals surface area contributed by atoms with Crippen molar-refractivity contribution in [2.45, 2.75) is 57.1 Å². The van der Waals surface area contributed by atoms with Crippen LogP contribution in [-0.4, -0.2) is 62.2 Å². The van der Waals surface area contributed by atoms with Gasteiger partial charge in [-0.15, -0.1) is 34.0 Å². The number of alkyl halides is 9. The Labute approximate surface area is 265 Å². The number of ketones is 3. The minimum absolute atomic E-state index is 0.177. The monoisotopic (exact) mass is 711 g/mol. The number of carbonyl (C=O) groups is 3. The topological polar surface area (TPSA) is 72.5 Å². The Hall–Kier alpha value is -2.60. The highest BCUT2D eigenvalue weighted by Crippen LogP contribution is 2.22. The van der Waals surface area contributed by atoms with Crippen LogP contribution in [0.5, 0.6) is 0 Å². The second kappa shape index (κ2) is 20.5. The Balaban J connectivity index is 0.000000309. The van der Waals surface area contributed by atoms with E-state index in [0.717, 1.165) is 40.9 Å². The second-order valence-corrected chi connectivity index (χ2v) is 12.0. The highest BCUT2D eigenvalue weighted by atomic mass is 32.1. The Morgan fingerprint density at radius 1 is 0.578 bits per heavy atom. The first-order valence-electron chi connectivity index (χ1n) is 13.2. The number of hydrogen-bond acceptors (Lipinski definition) is 8. The zero-order chi connectivity index (χ0) is 33.9. The van der Waals surface area contributed by atoms with Crippen molar-refractivity contribution in [3.63, 3.8) is 0 Å². The Morgan fingerprint density at radius 2 is 0.867 bits per heavy atom. The number of hydrogen-bond donors (Lipinski definition) is 1. The van der Waals surface area contributed by atoms with Gasteiger partial charge in [0, 0.05) is 47.0 Å². The molecule has 1 N–H and O–H groups in total. The summed E-state index contributed by atoms with van der Waals surface area (Å²) in [4.78, 5) is 33.7. The summed E-state index contributed by atoms with van der Waals surface area (Å²) in [5, 5.41) is 8.47. The van der Waals surface area contributed by atoms with E-state index >= 15 is 0 Å². The lowest BCUT2D eigenvalue weighted by Crippen LogP contribution is -2.30. The second-order valence-electron chi connectivity index (χ2n) is 8.86. The van der Waals surface area contributed by atoms with E-state index in [1.165, 1.54) is 34.0 Å². The summed E-state index contributed by atoms with van der Waals surface area (Å²) in [6.07, 6.45) is -14.9. The fraction of sp³-hybridized carbons (Fsp3) is 0.464.